The van der Waals surface area contributed by atoms with Crippen molar-refractivity contribution in [1.29, 1.82) is 0 Å². The molecule has 0 N–H and O–H groups in total. The van der Waals surface area contributed by atoms with Crippen LogP contribution in [-0.2, 0) is 11.8 Å². The highest BCUT2D eigenvalue weighted by Gasteiger charge is 2.51. The maximum atomic E-state index is 3.69. The average molecular weight is 483 g/mol. The summed E-state index contributed by atoms with van der Waals surface area (Å²) in [5.74, 6) is 0. The first kappa shape index (κ1) is 18.1. The first-order chi connectivity index (χ1) is 16.3. The van der Waals surface area contributed by atoms with Crippen molar-refractivity contribution in [3.8, 4) is 33.4 Å². The lowest BCUT2D eigenvalue weighted by atomic mass is 9.70. The van der Waals surface area contributed by atoms with Crippen molar-refractivity contribution >= 4 is 15.9 Å². The Morgan fingerprint density at radius 2 is 1.00 bits per heavy atom. The van der Waals surface area contributed by atoms with E-state index in [0.717, 1.165) is 10.9 Å². The van der Waals surface area contributed by atoms with Crippen LogP contribution in [0.15, 0.2) is 108 Å². The predicted molar refractivity (Wildman–Crippen MR) is 139 cm³/mol. The van der Waals surface area contributed by atoms with Gasteiger partial charge in [-0.05, 0) is 91.4 Å². The van der Waals surface area contributed by atoms with Gasteiger partial charge in [-0.2, -0.15) is 0 Å². The molecule has 1 spiro atoms. The molecule has 0 bridgehead atoms. The molecule has 0 radical (unpaired) electrons. The zero-order valence-corrected chi connectivity index (χ0v) is 19.5. The topological polar surface area (TPSA) is 0 Å². The van der Waals surface area contributed by atoms with Gasteiger partial charge in [0.2, 0.25) is 0 Å². The summed E-state index contributed by atoms with van der Waals surface area (Å²) < 4.78 is 1.14. The highest BCUT2D eigenvalue weighted by atomic mass is 79.9. The third-order valence-electron chi connectivity index (χ3n) is 7.96. The highest BCUT2D eigenvalue weighted by Crippen LogP contribution is 2.63. The summed E-state index contributed by atoms with van der Waals surface area (Å²) >= 11 is 3.69. The summed E-state index contributed by atoms with van der Waals surface area (Å²) in [7, 11) is 0. The van der Waals surface area contributed by atoms with E-state index in [9.17, 15) is 0 Å². The Balaban J connectivity index is 1.53. The van der Waals surface area contributed by atoms with E-state index in [4.69, 9.17) is 0 Å². The van der Waals surface area contributed by atoms with Gasteiger partial charge in [0.05, 0.1) is 5.41 Å². The predicted octanol–water partition coefficient (Wildman–Crippen LogP) is 8.36. The van der Waals surface area contributed by atoms with Gasteiger partial charge in [-0.15, -0.1) is 0 Å². The molecule has 0 unspecified atom stereocenters. The van der Waals surface area contributed by atoms with Crippen LogP contribution in [0.1, 0.15) is 33.4 Å². The van der Waals surface area contributed by atoms with Gasteiger partial charge >= 0.3 is 0 Å². The van der Waals surface area contributed by atoms with E-state index >= 15 is 0 Å². The Bertz CT molecular complexity index is 1610. The molecule has 0 saturated carbocycles. The molecular formula is C32H19Br. The molecule has 0 aromatic heterocycles. The fourth-order valence-electron chi connectivity index (χ4n) is 6.74. The molecule has 0 heterocycles. The molecule has 0 saturated heterocycles. The number of hydrogen-bond acceptors (Lipinski definition) is 0. The lowest BCUT2D eigenvalue weighted by molar-refractivity contribution is 0.792. The van der Waals surface area contributed by atoms with Crippen molar-refractivity contribution < 1.29 is 0 Å². The molecule has 0 amide bonds. The molecule has 33 heavy (non-hydrogen) atoms. The second-order valence-electron chi connectivity index (χ2n) is 9.42. The summed E-state index contributed by atoms with van der Waals surface area (Å²) in [6.07, 6.45) is 1.00. The van der Waals surface area contributed by atoms with Crippen LogP contribution in [0.4, 0.5) is 0 Å². The molecule has 1 heteroatoms. The second kappa shape index (κ2) is 6.12. The quantitative estimate of drug-likeness (QED) is 0.203. The van der Waals surface area contributed by atoms with Gasteiger partial charge < -0.3 is 0 Å². The third-order valence-corrected chi connectivity index (χ3v) is 8.46. The number of hydrogen-bond donors (Lipinski definition) is 0. The summed E-state index contributed by atoms with van der Waals surface area (Å²) in [5, 5.41) is 0. The average Bonchev–Trinajstić information content (AvgIpc) is 3.46. The normalized spacial score (nSPS) is 14.9. The Kier molecular flexibility index (Phi) is 3.35. The molecule has 3 aliphatic carbocycles. The second-order valence-corrected chi connectivity index (χ2v) is 10.3. The minimum Gasteiger partial charge on any atom is -0.0619 e. The van der Waals surface area contributed by atoms with Gasteiger partial charge in [0.15, 0.2) is 0 Å². The van der Waals surface area contributed by atoms with Crippen molar-refractivity contribution in [3.63, 3.8) is 0 Å². The van der Waals surface area contributed by atoms with Crippen molar-refractivity contribution in [2.45, 2.75) is 11.8 Å². The van der Waals surface area contributed by atoms with E-state index in [2.05, 4.69) is 119 Å². The van der Waals surface area contributed by atoms with E-state index in [-0.39, 0.29) is 5.41 Å². The van der Waals surface area contributed by atoms with Crippen LogP contribution >= 0.6 is 15.9 Å². The molecule has 0 nitrogen and oxygen atoms in total. The Hall–Kier alpha value is -3.42. The standard InChI is InChI=1S/C32H19Br/c33-21-14-13-19-15-20-16-31-27(18-26(20)25(19)17-21)24-9-3-6-12-30(24)32(31)28-10-4-1-7-22(28)23-8-2-5-11-29(23)32/h1-14,16-18H,15H2. The highest BCUT2D eigenvalue weighted by molar-refractivity contribution is 9.10. The number of halogens is 1. The summed E-state index contributed by atoms with van der Waals surface area (Å²) in [6, 6.07) is 38.8. The van der Waals surface area contributed by atoms with Crippen molar-refractivity contribution in [2.24, 2.45) is 0 Å². The number of rotatable bonds is 0. The van der Waals surface area contributed by atoms with Gasteiger partial charge in [0.1, 0.15) is 0 Å². The fraction of sp³-hybridized carbons (Fsp3) is 0.0625. The Morgan fingerprint density at radius 3 is 1.64 bits per heavy atom. The van der Waals surface area contributed by atoms with Gasteiger partial charge in [0, 0.05) is 4.47 Å². The number of benzene rings is 5. The van der Waals surface area contributed by atoms with Crippen molar-refractivity contribution in [2.75, 3.05) is 0 Å². The van der Waals surface area contributed by atoms with Crippen LogP contribution in [0.5, 0.6) is 0 Å². The van der Waals surface area contributed by atoms with Crippen molar-refractivity contribution in [1.82, 2.24) is 0 Å². The lowest BCUT2D eigenvalue weighted by Gasteiger charge is -2.30. The lowest BCUT2D eigenvalue weighted by Crippen LogP contribution is -2.25. The molecule has 0 aliphatic heterocycles. The SMILES string of the molecule is Brc1ccc2c(c1)-c1cc3c(cc1C2)C1(c2ccccc2-c2ccccc21)c1ccccc1-3. The molecule has 5 aromatic carbocycles. The molecule has 3 aliphatic rings. The summed E-state index contributed by atoms with van der Waals surface area (Å²) in [4.78, 5) is 0. The first-order valence-corrected chi connectivity index (χ1v) is 12.3. The Labute approximate surface area is 201 Å². The molecular weight excluding hydrogens is 464 g/mol. The molecule has 0 atom stereocenters. The van der Waals surface area contributed by atoms with Crippen LogP contribution in [0, 0.1) is 0 Å². The fourth-order valence-corrected chi connectivity index (χ4v) is 7.10. The van der Waals surface area contributed by atoms with E-state index in [0.29, 0.717) is 0 Å². The van der Waals surface area contributed by atoms with E-state index in [1.807, 2.05) is 0 Å². The van der Waals surface area contributed by atoms with Crippen LogP contribution in [0.2, 0.25) is 0 Å². The van der Waals surface area contributed by atoms with E-state index in [1.165, 1.54) is 66.8 Å². The van der Waals surface area contributed by atoms with Crippen LogP contribution in [0.25, 0.3) is 33.4 Å². The Morgan fingerprint density at radius 1 is 0.455 bits per heavy atom. The van der Waals surface area contributed by atoms with Gasteiger partial charge in [-0.1, -0.05) is 101 Å². The number of fused-ring (bicyclic) bond motifs is 13. The maximum Gasteiger partial charge on any atom is 0.0725 e. The van der Waals surface area contributed by atoms with Gasteiger partial charge in [0.25, 0.3) is 0 Å². The minimum atomic E-state index is -0.247. The van der Waals surface area contributed by atoms with E-state index < -0.39 is 0 Å². The molecule has 8 rings (SSSR count). The molecule has 154 valence electrons. The van der Waals surface area contributed by atoms with E-state index in [1.54, 1.807) is 0 Å². The zero-order chi connectivity index (χ0) is 21.7. The molecule has 0 fully saturated rings. The van der Waals surface area contributed by atoms with Crippen LogP contribution in [0.3, 0.4) is 0 Å². The largest absolute Gasteiger partial charge is 0.0725 e. The summed E-state index contributed by atoms with van der Waals surface area (Å²) in [6.45, 7) is 0. The van der Waals surface area contributed by atoms with Crippen LogP contribution in [-0.4, -0.2) is 0 Å². The third kappa shape index (κ3) is 2.08. The van der Waals surface area contributed by atoms with Crippen molar-refractivity contribution in [3.05, 3.63) is 141 Å². The minimum absolute atomic E-state index is 0.247. The zero-order valence-electron chi connectivity index (χ0n) is 17.9. The smallest absolute Gasteiger partial charge is 0.0619 e. The van der Waals surface area contributed by atoms with Crippen LogP contribution < -0.4 is 0 Å². The summed E-state index contributed by atoms with van der Waals surface area (Å²) in [5.41, 5.74) is 16.5. The van der Waals surface area contributed by atoms with Gasteiger partial charge in [-0.25, -0.2) is 0 Å². The molecule has 5 aromatic rings. The monoisotopic (exact) mass is 482 g/mol. The maximum absolute atomic E-state index is 3.69. The van der Waals surface area contributed by atoms with Gasteiger partial charge in [-0.3, -0.25) is 0 Å². The first-order valence-electron chi connectivity index (χ1n) is 11.5.